The van der Waals surface area contributed by atoms with Gasteiger partial charge in [-0.3, -0.25) is 4.79 Å². The zero-order valence-corrected chi connectivity index (χ0v) is 24.6. The second-order valence-electron chi connectivity index (χ2n) is 9.08. The van der Waals surface area contributed by atoms with E-state index >= 15 is 0 Å². The summed E-state index contributed by atoms with van der Waals surface area (Å²) in [6.07, 6.45) is 1.08. The lowest BCUT2D eigenvalue weighted by molar-refractivity contribution is -0.122. The average molecular weight is 572 g/mol. The SMILES string of the molecule is C/C=C(/NC(=O)[C@@H](N)[C@@H](C)O[Si](c1ccccc1)(c1ccccc1)c1ccccc1)c1nc(C(=O)OCC)cs1. The maximum absolute atomic E-state index is 13.4. The van der Waals surface area contributed by atoms with E-state index in [0.29, 0.717) is 10.7 Å². The third-order valence-corrected chi connectivity index (χ3v) is 11.5. The van der Waals surface area contributed by atoms with E-state index in [0.717, 1.165) is 15.6 Å². The van der Waals surface area contributed by atoms with Crippen LogP contribution in [0.25, 0.3) is 5.70 Å². The molecule has 2 atom stereocenters. The summed E-state index contributed by atoms with van der Waals surface area (Å²) >= 11 is 1.24. The van der Waals surface area contributed by atoms with Crippen molar-refractivity contribution in [1.82, 2.24) is 10.3 Å². The summed E-state index contributed by atoms with van der Waals surface area (Å²) in [6.45, 7) is 5.60. The lowest BCUT2D eigenvalue weighted by atomic mass is 10.2. The highest BCUT2D eigenvalue weighted by Gasteiger charge is 2.44. The molecule has 0 unspecified atom stereocenters. The second kappa shape index (κ2) is 13.4. The molecule has 1 heterocycles. The van der Waals surface area contributed by atoms with E-state index in [4.69, 9.17) is 14.9 Å². The van der Waals surface area contributed by atoms with Gasteiger partial charge in [-0.2, -0.15) is 0 Å². The smallest absolute Gasteiger partial charge is 0.357 e. The van der Waals surface area contributed by atoms with E-state index in [1.165, 1.54) is 11.3 Å². The van der Waals surface area contributed by atoms with Gasteiger partial charge in [0.15, 0.2) is 5.69 Å². The molecule has 9 heteroatoms. The van der Waals surface area contributed by atoms with Gasteiger partial charge >= 0.3 is 5.97 Å². The number of carbonyl (C=O) groups excluding carboxylic acids is 2. The first kappa shape index (κ1) is 29.1. The number of rotatable bonds is 11. The largest absolute Gasteiger partial charge is 0.461 e. The topological polar surface area (TPSA) is 104 Å². The molecule has 4 rings (SSSR count). The number of nitrogens with two attached hydrogens (primary N) is 1. The molecule has 0 aliphatic rings. The molecule has 0 fully saturated rings. The summed E-state index contributed by atoms with van der Waals surface area (Å²) < 4.78 is 12.0. The molecule has 3 N–H and O–H groups in total. The minimum atomic E-state index is -3.06. The molecule has 0 saturated carbocycles. The van der Waals surface area contributed by atoms with Crippen LogP contribution in [0, 0.1) is 0 Å². The number of nitrogens with one attached hydrogen (secondary N) is 1. The van der Waals surface area contributed by atoms with Crippen LogP contribution in [-0.2, 0) is 14.0 Å². The monoisotopic (exact) mass is 571 g/mol. The minimum absolute atomic E-state index is 0.195. The highest BCUT2D eigenvalue weighted by atomic mass is 32.1. The fourth-order valence-corrected chi connectivity index (χ4v) is 9.37. The van der Waals surface area contributed by atoms with Gasteiger partial charge in [-0.05, 0) is 36.3 Å². The lowest BCUT2D eigenvalue weighted by Crippen LogP contribution is -2.71. The van der Waals surface area contributed by atoms with E-state index in [2.05, 4.69) is 46.7 Å². The minimum Gasteiger partial charge on any atom is -0.461 e. The molecule has 7 nitrogen and oxygen atoms in total. The highest BCUT2D eigenvalue weighted by molar-refractivity contribution is 7.11. The van der Waals surface area contributed by atoms with Crippen LogP contribution in [0.3, 0.4) is 0 Å². The predicted molar refractivity (Wildman–Crippen MR) is 162 cm³/mol. The van der Waals surface area contributed by atoms with Gasteiger partial charge in [-0.25, -0.2) is 9.78 Å². The molecule has 0 spiro atoms. The molecule has 3 aromatic carbocycles. The fraction of sp³-hybridized carbons (Fsp3) is 0.194. The van der Waals surface area contributed by atoms with Gasteiger partial charge in [-0.1, -0.05) is 97.1 Å². The summed E-state index contributed by atoms with van der Waals surface area (Å²) in [5, 5.41) is 8.13. The molecule has 4 aromatic rings. The maximum Gasteiger partial charge on any atom is 0.357 e. The molecule has 1 amide bonds. The lowest BCUT2D eigenvalue weighted by Gasteiger charge is -2.37. The van der Waals surface area contributed by atoms with Crippen molar-refractivity contribution in [3.05, 3.63) is 113 Å². The number of aromatic nitrogens is 1. The molecule has 0 aliphatic carbocycles. The van der Waals surface area contributed by atoms with Gasteiger partial charge in [0.2, 0.25) is 5.91 Å². The third kappa shape index (κ3) is 6.29. The van der Waals surface area contributed by atoms with Gasteiger partial charge in [0.25, 0.3) is 8.32 Å². The number of hydrogen-bond donors (Lipinski definition) is 2. The quantitative estimate of drug-likeness (QED) is 0.163. The Morgan fingerprint density at radius 2 is 1.45 bits per heavy atom. The van der Waals surface area contributed by atoms with Crippen molar-refractivity contribution in [2.75, 3.05) is 6.61 Å². The average Bonchev–Trinajstić information content (AvgIpc) is 3.50. The maximum atomic E-state index is 13.4. The number of esters is 1. The molecule has 206 valence electrons. The van der Waals surface area contributed by atoms with Crippen LogP contribution in [0.1, 0.15) is 36.3 Å². The molecule has 0 aliphatic heterocycles. The summed E-state index contributed by atoms with van der Waals surface area (Å²) in [4.78, 5) is 29.8. The summed E-state index contributed by atoms with van der Waals surface area (Å²) in [5.41, 5.74) is 7.20. The van der Waals surface area contributed by atoms with Gasteiger partial charge in [0, 0.05) is 5.38 Å². The van der Waals surface area contributed by atoms with E-state index < -0.39 is 32.3 Å². The van der Waals surface area contributed by atoms with Crippen molar-refractivity contribution >= 4 is 52.8 Å². The van der Waals surface area contributed by atoms with E-state index in [1.807, 2.05) is 61.5 Å². The van der Waals surface area contributed by atoms with Crippen LogP contribution in [-0.4, -0.2) is 43.9 Å². The molecule has 40 heavy (non-hydrogen) atoms. The fourth-order valence-electron chi connectivity index (χ4n) is 4.45. The Morgan fingerprint density at radius 3 is 1.90 bits per heavy atom. The van der Waals surface area contributed by atoms with Crippen LogP contribution in [0.4, 0.5) is 0 Å². The second-order valence-corrected chi connectivity index (χ2v) is 13.3. The Balaban J connectivity index is 1.63. The Kier molecular flexibility index (Phi) is 9.78. The van der Waals surface area contributed by atoms with Crippen molar-refractivity contribution in [3.63, 3.8) is 0 Å². The number of nitrogens with zero attached hydrogens (tertiary/aromatic N) is 1. The van der Waals surface area contributed by atoms with Crippen LogP contribution in [0.15, 0.2) is 102 Å². The van der Waals surface area contributed by atoms with E-state index in [-0.39, 0.29) is 12.3 Å². The van der Waals surface area contributed by atoms with Crippen molar-refractivity contribution in [2.24, 2.45) is 5.73 Å². The Hall–Kier alpha value is -3.89. The summed E-state index contributed by atoms with van der Waals surface area (Å²) in [7, 11) is -3.06. The number of amides is 1. The molecule has 1 aromatic heterocycles. The number of thiazole rings is 1. The number of hydrogen-bond acceptors (Lipinski definition) is 7. The summed E-state index contributed by atoms with van der Waals surface area (Å²) in [6, 6.07) is 29.4. The first-order valence-electron chi connectivity index (χ1n) is 13.1. The number of allylic oxidation sites excluding steroid dienone is 1. The Bertz CT molecular complexity index is 1350. The normalized spacial score (nSPS) is 13.3. The molecule has 0 saturated heterocycles. The molecule has 0 radical (unpaired) electrons. The van der Waals surface area contributed by atoms with Gasteiger partial charge < -0.3 is 20.2 Å². The summed E-state index contributed by atoms with van der Waals surface area (Å²) in [5.74, 6) is -0.917. The van der Waals surface area contributed by atoms with Crippen molar-refractivity contribution in [2.45, 2.75) is 32.9 Å². The zero-order chi connectivity index (χ0) is 28.5. The van der Waals surface area contributed by atoms with Crippen molar-refractivity contribution in [1.29, 1.82) is 0 Å². The molecular weight excluding hydrogens is 539 g/mol. The first-order chi connectivity index (χ1) is 19.4. The molecular formula is C31H33N3O4SSi. The van der Waals surface area contributed by atoms with Crippen LogP contribution in [0.2, 0.25) is 0 Å². The van der Waals surface area contributed by atoms with Gasteiger partial charge in [-0.15, -0.1) is 11.3 Å². The molecule has 0 bridgehead atoms. The first-order valence-corrected chi connectivity index (χ1v) is 15.9. The van der Waals surface area contributed by atoms with Crippen LogP contribution in [0.5, 0.6) is 0 Å². The van der Waals surface area contributed by atoms with Gasteiger partial charge in [0.05, 0.1) is 18.4 Å². The van der Waals surface area contributed by atoms with Crippen molar-refractivity contribution < 1.29 is 18.8 Å². The Morgan fingerprint density at radius 1 is 0.950 bits per heavy atom. The number of benzene rings is 3. The Labute approximate surface area is 239 Å². The van der Waals surface area contributed by atoms with E-state index in [1.54, 1.807) is 25.3 Å². The van der Waals surface area contributed by atoms with Crippen molar-refractivity contribution in [3.8, 4) is 0 Å². The number of ether oxygens (including phenoxy) is 1. The zero-order valence-electron chi connectivity index (χ0n) is 22.7. The van der Waals surface area contributed by atoms with Gasteiger partial charge in [0.1, 0.15) is 11.0 Å². The standard InChI is InChI=1S/C31H33N3O4SSi/c1-4-26(30-34-27(21-39-30)31(36)37-5-2)33-29(35)28(32)22(3)38-40(23-15-9-6-10-16-23,24-17-11-7-12-18-24)25-19-13-8-14-20-25/h4,6-22,28H,5,32H2,1-3H3,(H,33,35)/b26-4+/t22-,28+/m1/s1. The highest BCUT2D eigenvalue weighted by Crippen LogP contribution is 2.19. The van der Waals surface area contributed by atoms with Crippen LogP contribution >= 0.6 is 11.3 Å². The van der Waals surface area contributed by atoms with E-state index in [9.17, 15) is 9.59 Å². The number of carbonyl (C=O) groups is 2. The predicted octanol–water partition coefficient (Wildman–Crippen LogP) is 3.20. The third-order valence-electron chi connectivity index (χ3n) is 6.48. The van der Waals surface area contributed by atoms with Crippen LogP contribution < -0.4 is 26.6 Å².